The van der Waals surface area contributed by atoms with Gasteiger partial charge in [-0.3, -0.25) is 4.79 Å². The lowest BCUT2D eigenvalue weighted by Crippen LogP contribution is -2.39. The van der Waals surface area contributed by atoms with E-state index in [4.69, 9.17) is 11.6 Å². The van der Waals surface area contributed by atoms with Gasteiger partial charge in [0.05, 0.1) is 10.7 Å². The summed E-state index contributed by atoms with van der Waals surface area (Å²) in [6, 6.07) is 5.69. The number of hydrogen-bond donors (Lipinski definition) is 2. The third-order valence-corrected chi connectivity index (χ3v) is 4.57. The summed E-state index contributed by atoms with van der Waals surface area (Å²) in [5.74, 6) is 2.11. The Balaban J connectivity index is 1.90. The second kappa shape index (κ2) is 6.80. The molecule has 1 atom stereocenters. The molecule has 1 aromatic carbocycles. The molecule has 1 aliphatic heterocycles. The first-order valence-corrected chi connectivity index (χ1v) is 8.04. The standard InChI is InChI=1S/C12H14BrClN2OS/c13-8-1-2-11(10(14)5-8)16-12(17)6-9-7-18-4-3-15-9/h1-2,5,9,15H,3-4,6-7H2,(H,16,17). The minimum Gasteiger partial charge on any atom is -0.325 e. The number of rotatable bonds is 3. The fourth-order valence-corrected chi connectivity index (χ4v) is 3.44. The molecule has 0 spiro atoms. The Bertz CT molecular complexity index is 438. The largest absolute Gasteiger partial charge is 0.325 e. The monoisotopic (exact) mass is 348 g/mol. The molecule has 98 valence electrons. The molecule has 0 aromatic heterocycles. The molecular formula is C12H14BrClN2OS. The quantitative estimate of drug-likeness (QED) is 0.881. The maximum atomic E-state index is 11.9. The van der Waals surface area contributed by atoms with E-state index in [0.29, 0.717) is 17.1 Å². The van der Waals surface area contributed by atoms with Crippen molar-refractivity contribution < 1.29 is 4.79 Å². The van der Waals surface area contributed by atoms with Gasteiger partial charge >= 0.3 is 0 Å². The van der Waals surface area contributed by atoms with Crippen molar-refractivity contribution in [1.82, 2.24) is 5.32 Å². The van der Waals surface area contributed by atoms with E-state index in [1.807, 2.05) is 17.8 Å². The summed E-state index contributed by atoms with van der Waals surface area (Å²) in [4.78, 5) is 11.9. The minimum atomic E-state index is -0.000720. The number of halogens is 2. The Morgan fingerprint density at radius 1 is 1.61 bits per heavy atom. The number of anilines is 1. The number of hydrogen-bond acceptors (Lipinski definition) is 3. The Kier molecular flexibility index (Phi) is 5.36. The SMILES string of the molecule is O=C(CC1CSCCN1)Nc1ccc(Br)cc1Cl. The van der Waals surface area contributed by atoms with Crippen LogP contribution in [0.15, 0.2) is 22.7 Å². The summed E-state index contributed by atoms with van der Waals surface area (Å²) in [5, 5.41) is 6.73. The average Bonchev–Trinajstić information content (AvgIpc) is 2.34. The van der Waals surface area contributed by atoms with E-state index in [1.54, 1.807) is 12.1 Å². The van der Waals surface area contributed by atoms with Gasteiger partial charge in [-0.2, -0.15) is 11.8 Å². The second-order valence-corrected chi connectivity index (χ2v) is 6.58. The van der Waals surface area contributed by atoms with Crippen LogP contribution in [0, 0.1) is 0 Å². The topological polar surface area (TPSA) is 41.1 Å². The lowest BCUT2D eigenvalue weighted by Gasteiger charge is -2.22. The molecule has 1 aliphatic rings. The number of carbonyl (C=O) groups excluding carboxylic acids is 1. The molecule has 1 heterocycles. The van der Waals surface area contributed by atoms with E-state index in [9.17, 15) is 4.79 Å². The smallest absolute Gasteiger partial charge is 0.226 e. The highest BCUT2D eigenvalue weighted by Gasteiger charge is 2.17. The van der Waals surface area contributed by atoms with Gasteiger partial charge in [0.1, 0.15) is 0 Å². The van der Waals surface area contributed by atoms with Gasteiger partial charge in [0, 0.05) is 35.0 Å². The summed E-state index contributed by atoms with van der Waals surface area (Å²) >= 11 is 11.3. The van der Waals surface area contributed by atoms with Crippen LogP contribution >= 0.6 is 39.3 Å². The van der Waals surface area contributed by atoms with Gasteiger partial charge in [-0.05, 0) is 18.2 Å². The van der Waals surface area contributed by atoms with Crippen LogP contribution in [0.5, 0.6) is 0 Å². The number of thioether (sulfide) groups is 1. The van der Waals surface area contributed by atoms with Crippen molar-refractivity contribution in [2.45, 2.75) is 12.5 Å². The van der Waals surface area contributed by atoms with Crippen LogP contribution < -0.4 is 10.6 Å². The summed E-state index contributed by atoms with van der Waals surface area (Å²) in [6.45, 7) is 0.974. The summed E-state index contributed by atoms with van der Waals surface area (Å²) in [7, 11) is 0. The van der Waals surface area contributed by atoms with Crippen molar-refractivity contribution in [2.75, 3.05) is 23.4 Å². The molecule has 1 amide bonds. The maximum Gasteiger partial charge on any atom is 0.226 e. The maximum absolute atomic E-state index is 11.9. The van der Waals surface area contributed by atoms with Crippen molar-refractivity contribution >= 4 is 50.9 Å². The number of amides is 1. The molecule has 3 nitrogen and oxygen atoms in total. The van der Waals surface area contributed by atoms with Crippen LogP contribution in [0.3, 0.4) is 0 Å². The van der Waals surface area contributed by atoms with Crippen molar-refractivity contribution in [3.05, 3.63) is 27.7 Å². The average molecular weight is 350 g/mol. The van der Waals surface area contributed by atoms with Gasteiger partial charge in [-0.25, -0.2) is 0 Å². The Morgan fingerprint density at radius 3 is 3.11 bits per heavy atom. The second-order valence-electron chi connectivity index (χ2n) is 4.10. The van der Waals surface area contributed by atoms with Gasteiger partial charge in [-0.1, -0.05) is 27.5 Å². The number of carbonyl (C=O) groups is 1. The summed E-state index contributed by atoms with van der Waals surface area (Å²) in [5.41, 5.74) is 0.660. The summed E-state index contributed by atoms with van der Waals surface area (Å²) in [6.07, 6.45) is 0.486. The van der Waals surface area contributed by atoms with Crippen molar-refractivity contribution in [1.29, 1.82) is 0 Å². The van der Waals surface area contributed by atoms with Crippen molar-refractivity contribution in [3.8, 4) is 0 Å². The molecule has 0 saturated carbocycles. The highest BCUT2D eigenvalue weighted by atomic mass is 79.9. The lowest BCUT2D eigenvalue weighted by molar-refractivity contribution is -0.116. The van der Waals surface area contributed by atoms with Gasteiger partial charge in [0.25, 0.3) is 0 Å². The Morgan fingerprint density at radius 2 is 2.44 bits per heavy atom. The zero-order valence-corrected chi connectivity index (χ0v) is 12.9. The highest BCUT2D eigenvalue weighted by Crippen LogP contribution is 2.25. The fourth-order valence-electron chi connectivity index (χ4n) is 1.77. The first-order valence-electron chi connectivity index (χ1n) is 5.71. The number of benzene rings is 1. The Labute approximate surface area is 124 Å². The van der Waals surface area contributed by atoms with E-state index in [-0.39, 0.29) is 11.9 Å². The van der Waals surface area contributed by atoms with Crippen LogP contribution in [0.1, 0.15) is 6.42 Å². The van der Waals surface area contributed by atoms with Crippen LogP contribution in [0.4, 0.5) is 5.69 Å². The molecule has 1 fully saturated rings. The van der Waals surface area contributed by atoms with Gasteiger partial charge < -0.3 is 10.6 Å². The highest BCUT2D eigenvalue weighted by molar-refractivity contribution is 9.10. The molecular weight excluding hydrogens is 336 g/mol. The molecule has 1 aromatic rings. The predicted octanol–water partition coefficient (Wildman–Crippen LogP) is 3.14. The van der Waals surface area contributed by atoms with Crippen LogP contribution in [-0.4, -0.2) is 30.0 Å². The van der Waals surface area contributed by atoms with Crippen molar-refractivity contribution in [2.24, 2.45) is 0 Å². The van der Waals surface area contributed by atoms with E-state index < -0.39 is 0 Å². The minimum absolute atomic E-state index is 0.000720. The zero-order valence-electron chi connectivity index (χ0n) is 9.71. The van der Waals surface area contributed by atoms with Gasteiger partial charge in [0.15, 0.2) is 0 Å². The predicted molar refractivity (Wildman–Crippen MR) is 81.5 cm³/mol. The third-order valence-electron chi connectivity index (χ3n) is 2.64. The van der Waals surface area contributed by atoms with E-state index in [1.165, 1.54) is 0 Å². The normalized spacial score (nSPS) is 19.6. The molecule has 6 heteroatoms. The first kappa shape index (κ1) is 14.2. The summed E-state index contributed by atoms with van der Waals surface area (Å²) < 4.78 is 0.899. The van der Waals surface area contributed by atoms with E-state index in [0.717, 1.165) is 22.5 Å². The fraction of sp³-hybridized carbons (Fsp3) is 0.417. The molecule has 0 bridgehead atoms. The van der Waals surface area contributed by atoms with Gasteiger partial charge in [0.2, 0.25) is 5.91 Å². The molecule has 2 rings (SSSR count). The molecule has 1 unspecified atom stereocenters. The molecule has 0 aliphatic carbocycles. The third kappa shape index (κ3) is 4.16. The van der Waals surface area contributed by atoms with Crippen LogP contribution in [-0.2, 0) is 4.79 Å². The number of nitrogens with one attached hydrogen (secondary N) is 2. The molecule has 18 heavy (non-hydrogen) atoms. The zero-order chi connectivity index (χ0) is 13.0. The molecule has 2 N–H and O–H groups in total. The van der Waals surface area contributed by atoms with Crippen LogP contribution in [0.2, 0.25) is 5.02 Å². The van der Waals surface area contributed by atoms with Crippen molar-refractivity contribution in [3.63, 3.8) is 0 Å². The lowest BCUT2D eigenvalue weighted by atomic mass is 10.2. The first-order chi connectivity index (χ1) is 8.65. The van der Waals surface area contributed by atoms with Crippen LogP contribution in [0.25, 0.3) is 0 Å². The molecule has 0 radical (unpaired) electrons. The Hall–Kier alpha value is -0.230. The molecule has 1 saturated heterocycles. The van der Waals surface area contributed by atoms with E-state index in [2.05, 4.69) is 26.6 Å². The van der Waals surface area contributed by atoms with Gasteiger partial charge in [-0.15, -0.1) is 0 Å². The van der Waals surface area contributed by atoms with E-state index >= 15 is 0 Å².